The van der Waals surface area contributed by atoms with Gasteiger partial charge in [-0.15, -0.1) is 0 Å². The highest BCUT2D eigenvalue weighted by Gasteiger charge is 2.11. The van der Waals surface area contributed by atoms with Crippen molar-refractivity contribution in [2.24, 2.45) is 10.8 Å². The standard InChI is InChI=1S/C13H16BrN3O3/c1-3-5-20-12-10(14)6-9(7-11(12)19-4-2)8-16-17-13(15)18/h3,6-8H,1,4-5H2,2H3,(H3,15,17,18)/b16-8-. The van der Waals surface area contributed by atoms with Crippen molar-refractivity contribution in [2.75, 3.05) is 13.2 Å². The van der Waals surface area contributed by atoms with Gasteiger partial charge in [0.15, 0.2) is 11.5 Å². The van der Waals surface area contributed by atoms with Crippen molar-refractivity contribution in [1.82, 2.24) is 5.43 Å². The number of ether oxygens (including phenoxy) is 2. The summed E-state index contributed by atoms with van der Waals surface area (Å²) in [6.07, 6.45) is 3.10. The molecule has 20 heavy (non-hydrogen) atoms. The van der Waals surface area contributed by atoms with Crippen molar-refractivity contribution in [3.8, 4) is 11.5 Å². The number of urea groups is 1. The molecule has 0 aliphatic heterocycles. The molecule has 0 spiro atoms. The van der Waals surface area contributed by atoms with E-state index in [4.69, 9.17) is 15.2 Å². The van der Waals surface area contributed by atoms with Crippen LogP contribution in [-0.2, 0) is 0 Å². The number of hydrazone groups is 1. The van der Waals surface area contributed by atoms with E-state index in [0.29, 0.717) is 29.2 Å². The van der Waals surface area contributed by atoms with Crippen LogP contribution < -0.4 is 20.6 Å². The number of carbonyl (C=O) groups excluding carboxylic acids is 1. The molecule has 0 aliphatic rings. The smallest absolute Gasteiger partial charge is 0.332 e. The summed E-state index contributed by atoms with van der Waals surface area (Å²) in [4.78, 5) is 10.5. The van der Waals surface area contributed by atoms with E-state index >= 15 is 0 Å². The minimum absolute atomic E-state index is 0.370. The van der Waals surface area contributed by atoms with Crippen LogP contribution in [0.3, 0.4) is 0 Å². The third kappa shape index (κ3) is 4.93. The number of nitrogens with zero attached hydrogens (tertiary/aromatic N) is 1. The summed E-state index contributed by atoms with van der Waals surface area (Å²) in [5.74, 6) is 1.16. The second-order valence-electron chi connectivity index (χ2n) is 3.60. The van der Waals surface area contributed by atoms with E-state index in [9.17, 15) is 4.79 Å². The van der Waals surface area contributed by atoms with E-state index in [0.717, 1.165) is 5.56 Å². The van der Waals surface area contributed by atoms with E-state index in [1.165, 1.54) is 6.21 Å². The summed E-state index contributed by atoms with van der Waals surface area (Å²) in [7, 11) is 0. The average molecular weight is 342 g/mol. The van der Waals surface area contributed by atoms with Crippen molar-refractivity contribution >= 4 is 28.2 Å². The van der Waals surface area contributed by atoms with Gasteiger partial charge < -0.3 is 15.2 Å². The number of carbonyl (C=O) groups is 1. The molecule has 0 radical (unpaired) electrons. The summed E-state index contributed by atoms with van der Waals surface area (Å²) in [6, 6.07) is 2.81. The van der Waals surface area contributed by atoms with Crippen molar-refractivity contribution in [2.45, 2.75) is 6.92 Å². The molecule has 2 amide bonds. The van der Waals surface area contributed by atoms with Crippen LogP contribution in [0, 0.1) is 0 Å². The largest absolute Gasteiger partial charge is 0.490 e. The third-order valence-corrected chi connectivity index (χ3v) is 2.65. The maximum absolute atomic E-state index is 10.5. The first-order valence-electron chi connectivity index (χ1n) is 5.87. The summed E-state index contributed by atoms with van der Waals surface area (Å²) < 4.78 is 11.8. The van der Waals surface area contributed by atoms with Crippen LogP contribution in [0.25, 0.3) is 0 Å². The molecule has 1 aromatic carbocycles. The van der Waals surface area contributed by atoms with Crippen molar-refractivity contribution in [3.63, 3.8) is 0 Å². The van der Waals surface area contributed by atoms with E-state index in [-0.39, 0.29) is 0 Å². The first kappa shape index (κ1) is 16.0. The lowest BCUT2D eigenvalue weighted by atomic mass is 10.2. The molecule has 0 bridgehead atoms. The van der Waals surface area contributed by atoms with Crippen molar-refractivity contribution in [3.05, 3.63) is 34.8 Å². The summed E-state index contributed by atoms with van der Waals surface area (Å²) in [5.41, 5.74) is 7.76. The second-order valence-corrected chi connectivity index (χ2v) is 4.45. The maximum Gasteiger partial charge on any atom is 0.332 e. The molecule has 1 rings (SSSR count). The minimum Gasteiger partial charge on any atom is -0.490 e. The van der Waals surface area contributed by atoms with Gasteiger partial charge in [-0.05, 0) is 40.5 Å². The number of hydrogen-bond acceptors (Lipinski definition) is 4. The molecule has 0 atom stereocenters. The SMILES string of the molecule is C=CCOc1c(Br)cc(/C=N\NC(N)=O)cc1OCC. The van der Waals surface area contributed by atoms with Crippen LogP contribution in [0.1, 0.15) is 12.5 Å². The normalized spacial score (nSPS) is 10.3. The molecule has 1 aromatic rings. The Bertz CT molecular complexity index is 518. The molecule has 3 N–H and O–H groups in total. The third-order valence-electron chi connectivity index (χ3n) is 2.07. The highest BCUT2D eigenvalue weighted by molar-refractivity contribution is 9.10. The summed E-state index contributed by atoms with van der Waals surface area (Å²) in [5, 5.41) is 3.69. The number of nitrogens with one attached hydrogen (secondary N) is 1. The quantitative estimate of drug-likeness (QED) is 0.453. The molecule has 0 fully saturated rings. The van der Waals surface area contributed by atoms with Gasteiger partial charge in [-0.2, -0.15) is 5.10 Å². The molecular formula is C13H16BrN3O3. The van der Waals surface area contributed by atoms with E-state index in [1.807, 2.05) is 6.92 Å². The molecule has 7 heteroatoms. The van der Waals surface area contributed by atoms with Gasteiger partial charge in [0.2, 0.25) is 0 Å². The molecule has 0 aromatic heterocycles. The first-order chi connectivity index (χ1) is 9.58. The Kier molecular flexibility index (Phi) is 6.58. The zero-order chi connectivity index (χ0) is 15.0. The molecular weight excluding hydrogens is 326 g/mol. The van der Waals surface area contributed by atoms with E-state index in [2.05, 4.69) is 33.0 Å². The summed E-state index contributed by atoms with van der Waals surface area (Å²) in [6.45, 7) is 6.34. The Labute approximate surface area is 125 Å². The lowest BCUT2D eigenvalue weighted by Crippen LogP contribution is -2.24. The number of rotatable bonds is 7. The van der Waals surface area contributed by atoms with E-state index in [1.54, 1.807) is 18.2 Å². The monoisotopic (exact) mass is 341 g/mol. The van der Waals surface area contributed by atoms with Crippen LogP contribution in [0.4, 0.5) is 4.79 Å². The zero-order valence-electron chi connectivity index (χ0n) is 11.1. The number of nitrogens with two attached hydrogens (primary N) is 1. The molecule has 0 saturated heterocycles. The molecule has 6 nitrogen and oxygen atoms in total. The zero-order valence-corrected chi connectivity index (χ0v) is 12.6. The van der Waals surface area contributed by atoms with Crippen LogP contribution >= 0.6 is 15.9 Å². The van der Waals surface area contributed by atoms with Crippen LogP contribution in [-0.4, -0.2) is 25.5 Å². The summed E-state index contributed by atoms with van der Waals surface area (Å²) >= 11 is 3.41. The number of amides is 2. The predicted molar refractivity (Wildman–Crippen MR) is 81.3 cm³/mol. The number of halogens is 1. The predicted octanol–water partition coefficient (Wildman–Crippen LogP) is 2.41. The Morgan fingerprint density at radius 1 is 1.55 bits per heavy atom. The Balaban J connectivity index is 3.02. The van der Waals surface area contributed by atoms with Gasteiger partial charge in [-0.1, -0.05) is 12.7 Å². The van der Waals surface area contributed by atoms with Gasteiger partial charge in [0.25, 0.3) is 0 Å². The Morgan fingerprint density at radius 3 is 2.90 bits per heavy atom. The fourth-order valence-corrected chi connectivity index (χ4v) is 1.95. The fraction of sp³-hybridized carbons (Fsp3) is 0.231. The Morgan fingerprint density at radius 2 is 2.30 bits per heavy atom. The first-order valence-corrected chi connectivity index (χ1v) is 6.66. The topological polar surface area (TPSA) is 85.9 Å². The van der Waals surface area contributed by atoms with Gasteiger partial charge >= 0.3 is 6.03 Å². The highest BCUT2D eigenvalue weighted by Crippen LogP contribution is 2.36. The van der Waals surface area contributed by atoms with Gasteiger partial charge in [0, 0.05) is 0 Å². The van der Waals surface area contributed by atoms with Crippen molar-refractivity contribution < 1.29 is 14.3 Å². The van der Waals surface area contributed by atoms with Crippen LogP contribution in [0.5, 0.6) is 11.5 Å². The molecule has 108 valence electrons. The molecule has 0 aliphatic carbocycles. The lowest BCUT2D eigenvalue weighted by Gasteiger charge is -2.13. The fourth-order valence-electron chi connectivity index (χ4n) is 1.38. The van der Waals surface area contributed by atoms with Gasteiger partial charge in [-0.25, -0.2) is 10.2 Å². The van der Waals surface area contributed by atoms with Gasteiger partial charge in [-0.3, -0.25) is 0 Å². The van der Waals surface area contributed by atoms with Crippen LogP contribution in [0.2, 0.25) is 0 Å². The number of primary amides is 1. The average Bonchev–Trinajstić information content (AvgIpc) is 2.38. The highest BCUT2D eigenvalue weighted by atomic mass is 79.9. The van der Waals surface area contributed by atoms with Gasteiger partial charge in [0.05, 0.1) is 17.3 Å². The van der Waals surface area contributed by atoms with E-state index < -0.39 is 6.03 Å². The Hall–Kier alpha value is -2.02. The van der Waals surface area contributed by atoms with Crippen molar-refractivity contribution in [1.29, 1.82) is 0 Å². The lowest BCUT2D eigenvalue weighted by molar-refractivity contribution is 0.249. The number of hydrogen-bond donors (Lipinski definition) is 2. The molecule has 0 heterocycles. The molecule has 0 unspecified atom stereocenters. The second kappa shape index (κ2) is 8.21. The van der Waals surface area contributed by atoms with Gasteiger partial charge in [0.1, 0.15) is 6.61 Å². The maximum atomic E-state index is 10.5. The number of benzene rings is 1. The minimum atomic E-state index is -0.726. The molecule has 0 saturated carbocycles. The van der Waals surface area contributed by atoms with Crippen LogP contribution in [0.15, 0.2) is 34.4 Å².